The minimum absolute atomic E-state index is 0.00530. The first kappa shape index (κ1) is 26.3. The van der Waals surface area contributed by atoms with Gasteiger partial charge in [0.05, 0.1) is 18.1 Å². The lowest BCUT2D eigenvalue weighted by molar-refractivity contribution is -0.155. The van der Waals surface area contributed by atoms with Gasteiger partial charge in [0.25, 0.3) is 0 Å². The van der Waals surface area contributed by atoms with Gasteiger partial charge >= 0.3 is 5.97 Å². The Morgan fingerprint density at radius 2 is 1.66 bits per heavy atom. The number of nitrogens with zero attached hydrogens (tertiary/aromatic N) is 2. The topological polar surface area (TPSA) is 104 Å². The second-order valence-electron chi connectivity index (χ2n) is 10.8. The summed E-state index contributed by atoms with van der Waals surface area (Å²) in [7, 11) is 0. The van der Waals surface area contributed by atoms with Crippen LogP contribution in [0.4, 0.5) is 0 Å². The zero-order chi connectivity index (χ0) is 23.9. The van der Waals surface area contributed by atoms with Gasteiger partial charge in [-0.1, -0.05) is 26.2 Å². The molecule has 1 amide bonds. The van der Waals surface area contributed by atoms with Crippen molar-refractivity contribution in [3.63, 3.8) is 0 Å². The second kappa shape index (κ2) is 11.3. The smallest absolute Gasteiger partial charge is 0.306 e. The highest BCUT2D eigenvalue weighted by Crippen LogP contribution is 2.27. The van der Waals surface area contributed by atoms with Crippen LogP contribution in [-0.4, -0.2) is 39.9 Å². The van der Waals surface area contributed by atoms with E-state index in [9.17, 15) is 9.59 Å². The summed E-state index contributed by atoms with van der Waals surface area (Å²) in [5.41, 5.74) is -0.820. The standard InChI is InChI=1S/C24H41N3O5/c1-16(15-30-23(2,3)4)21-26-27-22(31-21)18(13-14-19(28)32-24(5,6)7)25-20(29)17-11-9-8-10-12-17/h16-18H,8-15H2,1-7H3,(H,25,29)/t16-,18-/m0/s1. The molecule has 0 aliphatic heterocycles. The molecule has 8 heteroatoms. The molecule has 32 heavy (non-hydrogen) atoms. The van der Waals surface area contributed by atoms with Gasteiger partial charge in [0, 0.05) is 12.3 Å². The van der Waals surface area contributed by atoms with Crippen molar-refractivity contribution in [3.8, 4) is 0 Å². The number of carbonyl (C=O) groups is 2. The highest BCUT2D eigenvalue weighted by Gasteiger charge is 2.29. The molecule has 8 nitrogen and oxygen atoms in total. The Balaban J connectivity index is 2.08. The average molecular weight is 452 g/mol. The SMILES string of the molecule is C[C@@H](COC(C)(C)C)c1nnc([C@H](CCC(=O)OC(C)(C)C)NC(=O)C2CCCCC2)o1. The maximum absolute atomic E-state index is 12.9. The van der Waals surface area contributed by atoms with E-state index in [1.165, 1.54) is 6.42 Å². The van der Waals surface area contributed by atoms with Crippen molar-refractivity contribution in [3.05, 3.63) is 11.8 Å². The predicted molar refractivity (Wildman–Crippen MR) is 121 cm³/mol. The van der Waals surface area contributed by atoms with Crippen molar-refractivity contribution in [2.75, 3.05) is 6.61 Å². The minimum atomic E-state index is -0.557. The van der Waals surface area contributed by atoms with E-state index in [-0.39, 0.29) is 35.7 Å². The van der Waals surface area contributed by atoms with E-state index in [1.807, 2.05) is 48.5 Å². The molecule has 2 rings (SSSR count). The van der Waals surface area contributed by atoms with Crippen LogP contribution in [0, 0.1) is 5.92 Å². The first-order valence-corrected chi connectivity index (χ1v) is 11.8. The molecule has 1 aromatic heterocycles. The summed E-state index contributed by atoms with van der Waals surface area (Å²) >= 11 is 0. The number of nitrogens with one attached hydrogen (secondary N) is 1. The molecule has 0 aromatic carbocycles. The van der Waals surface area contributed by atoms with Crippen LogP contribution in [0.25, 0.3) is 0 Å². The highest BCUT2D eigenvalue weighted by atomic mass is 16.6. The fourth-order valence-corrected chi connectivity index (χ4v) is 3.60. The lowest BCUT2D eigenvalue weighted by atomic mass is 9.88. The average Bonchev–Trinajstić information content (AvgIpc) is 3.18. The van der Waals surface area contributed by atoms with Gasteiger partial charge in [0.1, 0.15) is 11.6 Å². The number of rotatable bonds is 9. The van der Waals surface area contributed by atoms with E-state index in [2.05, 4.69) is 15.5 Å². The molecule has 1 aliphatic carbocycles. The maximum atomic E-state index is 12.9. The monoisotopic (exact) mass is 451 g/mol. The van der Waals surface area contributed by atoms with Crippen molar-refractivity contribution in [1.82, 2.24) is 15.5 Å². The summed E-state index contributed by atoms with van der Waals surface area (Å²) in [6.07, 6.45) is 5.57. The quantitative estimate of drug-likeness (QED) is 0.535. The summed E-state index contributed by atoms with van der Waals surface area (Å²) in [6, 6.07) is -0.533. The van der Waals surface area contributed by atoms with Crippen LogP contribution in [0.2, 0.25) is 0 Å². The van der Waals surface area contributed by atoms with E-state index in [1.54, 1.807) is 0 Å². The molecular weight excluding hydrogens is 410 g/mol. The molecule has 1 saturated carbocycles. The van der Waals surface area contributed by atoms with Crippen LogP contribution in [0.5, 0.6) is 0 Å². The van der Waals surface area contributed by atoms with Gasteiger partial charge in [-0.2, -0.15) is 0 Å². The molecule has 0 unspecified atom stereocenters. The van der Waals surface area contributed by atoms with Gasteiger partial charge in [-0.15, -0.1) is 10.2 Å². The minimum Gasteiger partial charge on any atom is -0.460 e. The summed E-state index contributed by atoms with van der Waals surface area (Å²) in [4.78, 5) is 25.1. The van der Waals surface area contributed by atoms with Crippen molar-refractivity contribution >= 4 is 11.9 Å². The molecular formula is C24H41N3O5. The van der Waals surface area contributed by atoms with Crippen LogP contribution >= 0.6 is 0 Å². The van der Waals surface area contributed by atoms with E-state index in [0.29, 0.717) is 24.8 Å². The van der Waals surface area contributed by atoms with Gasteiger partial charge in [0.2, 0.25) is 17.7 Å². The number of ether oxygens (including phenoxy) is 2. The lowest BCUT2D eigenvalue weighted by Crippen LogP contribution is -2.35. The fourth-order valence-electron chi connectivity index (χ4n) is 3.60. The van der Waals surface area contributed by atoms with E-state index in [4.69, 9.17) is 13.9 Å². The van der Waals surface area contributed by atoms with E-state index < -0.39 is 11.6 Å². The van der Waals surface area contributed by atoms with Crippen molar-refractivity contribution in [1.29, 1.82) is 0 Å². The zero-order valence-electron chi connectivity index (χ0n) is 20.8. The first-order valence-electron chi connectivity index (χ1n) is 11.8. The number of amides is 1. The summed E-state index contributed by atoms with van der Waals surface area (Å²) in [6.45, 7) is 13.9. The molecule has 1 N–H and O–H groups in total. The number of carbonyl (C=O) groups excluding carboxylic acids is 2. The van der Waals surface area contributed by atoms with Gasteiger partial charge in [-0.05, 0) is 60.8 Å². The molecule has 0 saturated heterocycles. The Morgan fingerprint density at radius 1 is 1.03 bits per heavy atom. The van der Waals surface area contributed by atoms with Crippen LogP contribution in [0.1, 0.15) is 117 Å². The Morgan fingerprint density at radius 3 is 2.25 bits per heavy atom. The van der Waals surface area contributed by atoms with Crippen molar-refractivity contribution in [2.45, 2.75) is 117 Å². The number of aromatic nitrogens is 2. The fraction of sp³-hybridized carbons (Fsp3) is 0.833. The van der Waals surface area contributed by atoms with E-state index in [0.717, 1.165) is 25.7 Å². The zero-order valence-corrected chi connectivity index (χ0v) is 20.8. The lowest BCUT2D eigenvalue weighted by Gasteiger charge is -2.24. The number of hydrogen-bond acceptors (Lipinski definition) is 7. The molecule has 2 atom stereocenters. The molecule has 0 radical (unpaired) electrons. The summed E-state index contributed by atoms with van der Waals surface area (Å²) in [5.74, 6) is 0.350. The normalized spacial score (nSPS) is 17.6. The highest BCUT2D eigenvalue weighted by molar-refractivity contribution is 5.79. The van der Waals surface area contributed by atoms with Gasteiger partial charge < -0.3 is 19.2 Å². The number of hydrogen-bond donors (Lipinski definition) is 1. The van der Waals surface area contributed by atoms with Crippen molar-refractivity contribution < 1.29 is 23.5 Å². The first-order chi connectivity index (χ1) is 14.8. The van der Waals surface area contributed by atoms with Crippen LogP contribution < -0.4 is 5.32 Å². The molecule has 0 spiro atoms. The number of esters is 1. The third kappa shape index (κ3) is 9.27. The van der Waals surface area contributed by atoms with Gasteiger partial charge in [-0.25, -0.2) is 0 Å². The summed E-state index contributed by atoms with van der Waals surface area (Å²) < 4.78 is 17.2. The molecule has 1 fully saturated rings. The Labute approximate surface area is 192 Å². The predicted octanol–water partition coefficient (Wildman–Crippen LogP) is 4.85. The maximum Gasteiger partial charge on any atom is 0.306 e. The molecule has 182 valence electrons. The van der Waals surface area contributed by atoms with Gasteiger partial charge in [0.15, 0.2) is 0 Å². The van der Waals surface area contributed by atoms with Crippen molar-refractivity contribution in [2.24, 2.45) is 5.92 Å². The van der Waals surface area contributed by atoms with Gasteiger partial charge in [-0.3, -0.25) is 9.59 Å². The summed E-state index contributed by atoms with van der Waals surface area (Å²) in [5, 5.41) is 11.4. The van der Waals surface area contributed by atoms with Crippen LogP contribution in [0.15, 0.2) is 4.42 Å². The molecule has 1 aromatic rings. The largest absolute Gasteiger partial charge is 0.460 e. The van der Waals surface area contributed by atoms with E-state index >= 15 is 0 Å². The third-order valence-corrected chi connectivity index (χ3v) is 5.29. The molecule has 1 aliphatic rings. The Hall–Kier alpha value is -1.96. The molecule has 0 bridgehead atoms. The van der Waals surface area contributed by atoms with Crippen LogP contribution in [0.3, 0.4) is 0 Å². The second-order valence-corrected chi connectivity index (χ2v) is 10.8. The van der Waals surface area contributed by atoms with Crippen LogP contribution in [-0.2, 0) is 19.1 Å². The Kier molecular flexibility index (Phi) is 9.25. The molecule has 1 heterocycles. The third-order valence-electron chi connectivity index (χ3n) is 5.29. The Bertz CT molecular complexity index is 742.